The van der Waals surface area contributed by atoms with Gasteiger partial charge in [-0.15, -0.1) is 0 Å². The fourth-order valence-corrected chi connectivity index (χ4v) is 3.42. The van der Waals surface area contributed by atoms with Gasteiger partial charge < -0.3 is 5.11 Å². The molecule has 0 spiro atoms. The normalized spacial score (nSPS) is 18.6. The van der Waals surface area contributed by atoms with Gasteiger partial charge in [0.2, 0.25) is 0 Å². The second-order valence-electron chi connectivity index (χ2n) is 9.08. The van der Waals surface area contributed by atoms with Gasteiger partial charge in [0.1, 0.15) is 11.7 Å². The van der Waals surface area contributed by atoms with E-state index in [0.29, 0.717) is 0 Å². The Balaban J connectivity index is 3.80. The van der Waals surface area contributed by atoms with Crippen molar-refractivity contribution >= 4 is 17.3 Å². The number of carbonyl (C=O) groups excluding carboxylic acids is 3. The summed E-state index contributed by atoms with van der Waals surface area (Å²) in [4.78, 5) is 39.6. The molecule has 0 radical (unpaired) electrons. The summed E-state index contributed by atoms with van der Waals surface area (Å²) in [6.07, 6.45) is 6.39. The van der Waals surface area contributed by atoms with Crippen molar-refractivity contribution in [1.82, 2.24) is 0 Å². The highest BCUT2D eigenvalue weighted by Gasteiger charge is 2.54. The molecule has 0 aromatic carbocycles. The lowest BCUT2D eigenvalue weighted by Crippen LogP contribution is -2.50. The molecule has 1 N–H and O–H groups in total. The molecule has 0 heterocycles. The first kappa shape index (κ1) is 24.8. The molecular formula is C25H36O4. The summed E-state index contributed by atoms with van der Waals surface area (Å²) in [6.45, 7) is 14.9. The number of ketones is 3. The van der Waals surface area contributed by atoms with Gasteiger partial charge in [-0.2, -0.15) is 0 Å². The number of allylic oxidation sites excluding steroid dienone is 8. The summed E-state index contributed by atoms with van der Waals surface area (Å²) < 4.78 is 0. The first-order valence-corrected chi connectivity index (χ1v) is 10.3. The van der Waals surface area contributed by atoms with Gasteiger partial charge in [0.25, 0.3) is 0 Å². The van der Waals surface area contributed by atoms with Gasteiger partial charge in [-0.25, -0.2) is 0 Å². The van der Waals surface area contributed by atoms with E-state index in [2.05, 4.69) is 0 Å². The zero-order chi connectivity index (χ0) is 22.5. The topological polar surface area (TPSA) is 71.4 Å². The molecule has 29 heavy (non-hydrogen) atoms. The molecule has 1 unspecified atom stereocenters. The quantitative estimate of drug-likeness (QED) is 0.410. The second kappa shape index (κ2) is 10.00. The van der Waals surface area contributed by atoms with E-state index < -0.39 is 28.8 Å². The fourth-order valence-electron chi connectivity index (χ4n) is 3.42. The highest BCUT2D eigenvalue weighted by Crippen LogP contribution is 2.46. The smallest absolute Gasteiger partial charge is 0.180 e. The van der Waals surface area contributed by atoms with Gasteiger partial charge in [-0.05, 0) is 60.8 Å². The van der Waals surface area contributed by atoms with E-state index in [-0.39, 0.29) is 36.4 Å². The maximum absolute atomic E-state index is 13.6. The third-order valence-electron chi connectivity index (χ3n) is 5.32. The molecule has 0 saturated carbocycles. The molecule has 1 aliphatic carbocycles. The van der Waals surface area contributed by atoms with Crippen molar-refractivity contribution in [2.75, 3.05) is 0 Å². The maximum Gasteiger partial charge on any atom is 0.180 e. The predicted molar refractivity (Wildman–Crippen MR) is 118 cm³/mol. The van der Waals surface area contributed by atoms with Crippen molar-refractivity contribution in [3.63, 3.8) is 0 Å². The van der Waals surface area contributed by atoms with Gasteiger partial charge in [0, 0.05) is 11.5 Å². The van der Waals surface area contributed by atoms with Crippen molar-refractivity contribution < 1.29 is 19.5 Å². The molecule has 0 aromatic rings. The van der Waals surface area contributed by atoms with Crippen LogP contribution in [0.3, 0.4) is 0 Å². The first-order chi connectivity index (χ1) is 13.3. The summed E-state index contributed by atoms with van der Waals surface area (Å²) >= 11 is 0. The Morgan fingerprint density at radius 2 is 1.38 bits per heavy atom. The predicted octanol–water partition coefficient (Wildman–Crippen LogP) is 5.85. The monoisotopic (exact) mass is 400 g/mol. The van der Waals surface area contributed by atoms with Gasteiger partial charge in [0.15, 0.2) is 17.3 Å². The molecule has 0 amide bonds. The van der Waals surface area contributed by atoms with Crippen molar-refractivity contribution in [2.45, 2.75) is 74.7 Å². The molecule has 0 aliphatic heterocycles. The van der Waals surface area contributed by atoms with Crippen LogP contribution in [0.25, 0.3) is 0 Å². The second-order valence-corrected chi connectivity index (χ2v) is 9.08. The fraction of sp³-hybridized carbons (Fsp3) is 0.560. The Morgan fingerprint density at radius 1 is 0.931 bits per heavy atom. The lowest BCUT2D eigenvalue weighted by Gasteiger charge is -2.38. The molecule has 1 rings (SSSR count). The lowest BCUT2D eigenvalue weighted by molar-refractivity contribution is -0.146. The third-order valence-corrected chi connectivity index (χ3v) is 5.32. The molecule has 0 aromatic heterocycles. The molecule has 160 valence electrons. The van der Waals surface area contributed by atoms with Crippen LogP contribution in [-0.4, -0.2) is 22.5 Å². The van der Waals surface area contributed by atoms with Gasteiger partial charge in [-0.3, -0.25) is 14.4 Å². The van der Waals surface area contributed by atoms with Crippen LogP contribution in [0.15, 0.2) is 46.3 Å². The highest BCUT2D eigenvalue weighted by molar-refractivity contribution is 6.28. The Morgan fingerprint density at radius 3 is 1.76 bits per heavy atom. The number of rotatable bonds is 8. The average Bonchev–Trinajstić information content (AvgIpc) is 2.60. The Labute approximate surface area is 175 Å². The van der Waals surface area contributed by atoms with Crippen LogP contribution in [-0.2, 0) is 14.4 Å². The Kier molecular flexibility index (Phi) is 8.55. The molecule has 0 fully saturated rings. The molecular weight excluding hydrogens is 364 g/mol. The zero-order valence-corrected chi connectivity index (χ0v) is 19.2. The van der Waals surface area contributed by atoms with Crippen LogP contribution in [0.4, 0.5) is 0 Å². The maximum atomic E-state index is 13.6. The Hall–Kier alpha value is -2.23. The third kappa shape index (κ3) is 5.65. The van der Waals surface area contributed by atoms with Gasteiger partial charge >= 0.3 is 0 Å². The summed E-state index contributed by atoms with van der Waals surface area (Å²) in [5, 5.41) is 11.2. The van der Waals surface area contributed by atoms with Gasteiger partial charge in [-0.1, -0.05) is 48.8 Å². The van der Waals surface area contributed by atoms with Crippen molar-refractivity contribution in [1.29, 1.82) is 0 Å². The number of carbonyl (C=O) groups is 3. The number of Topliss-reactive ketones (excluding diaryl/α,β-unsaturated/α-hetero) is 3. The van der Waals surface area contributed by atoms with Crippen LogP contribution in [0.2, 0.25) is 0 Å². The number of aliphatic hydroxyl groups is 1. The highest BCUT2D eigenvalue weighted by atomic mass is 16.3. The Bertz CT molecular complexity index is 771. The lowest BCUT2D eigenvalue weighted by atomic mass is 9.62. The minimum atomic E-state index is -1.34. The molecule has 1 atom stereocenters. The summed E-state index contributed by atoms with van der Waals surface area (Å²) in [5.74, 6) is -3.36. The molecule has 4 heteroatoms. The molecule has 0 saturated heterocycles. The van der Waals surface area contributed by atoms with E-state index >= 15 is 0 Å². The molecule has 4 nitrogen and oxygen atoms in total. The van der Waals surface area contributed by atoms with Crippen LogP contribution in [0.5, 0.6) is 0 Å². The summed E-state index contributed by atoms with van der Waals surface area (Å²) in [6, 6.07) is 0. The van der Waals surface area contributed by atoms with Gasteiger partial charge in [0.05, 0.1) is 5.41 Å². The van der Waals surface area contributed by atoms with E-state index in [1.54, 1.807) is 13.8 Å². The summed E-state index contributed by atoms with van der Waals surface area (Å²) in [7, 11) is 0. The molecule has 1 aliphatic rings. The molecule has 0 bridgehead atoms. The van der Waals surface area contributed by atoms with E-state index in [1.807, 2.05) is 59.8 Å². The van der Waals surface area contributed by atoms with E-state index in [0.717, 1.165) is 16.7 Å². The van der Waals surface area contributed by atoms with Crippen molar-refractivity contribution in [2.24, 2.45) is 17.3 Å². The van der Waals surface area contributed by atoms with Crippen LogP contribution in [0.1, 0.15) is 74.7 Å². The minimum absolute atomic E-state index is 0.173. The number of hydrogen-bond donors (Lipinski definition) is 1. The van der Waals surface area contributed by atoms with E-state index in [4.69, 9.17) is 0 Å². The summed E-state index contributed by atoms with van der Waals surface area (Å²) in [5.41, 5.74) is 1.92. The standard InChI is InChI=1S/C25H36O4/c1-15(2)9-10-19-22(27)20(21(26)18(7)8)24(29)25(23(19)28,13-11-16(3)4)14-12-17(5)6/h9,11-12,18,20,28H,10,13-14H2,1-8H3. The largest absolute Gasteiger partial charge is 0.511 e. The zero-order valence-electron chi connectivity index (χ0n) is 19.2. The SMILES string of the molecule is CC(C)=CCC1=C(O)C(CC=C(C)C)(CC=C(C)C)C(=O)C(C(=O)C(C)C)C1=O. The minimum Gasteiger partial charge on any atom is -0.511 e. The average molecular weight is 401 g/mol. The number of hydrogen-bond acceptors (Lipinski definition) is 4. The van der Waals surface area contributed by atoms with Crippen LogP contribution in [0, 0.1) is 17.3 Å². The van der Waals surface area contributed by atoms with E-state index in [9.17, 15) is 19.5 Å². The first-order valence-electron chi connectivity index (χ1n) is 10.3. The number of aliphatic hydroxyl groups excluding tert-OH is 1. The van der Waals surface area contributed by atoms with Crippen molar-refractivity contribution in [3.05, 3.63) is 46.3 Å². The van der Waals surface area contributed by atoms with Crippen LogP contribution >= 0.6 is 0 Å². The van der Waals surface area contributed by atoms with Crippen LogP contribution < -0.4 is 0 Å². The van der Waals surface area contributed by atoms with Crippen molar-refractivity contribution in [3.8, 4) is 0 Å². The van der Waals surface area contributed by atoms with E-state index in [1.165, 1.54) is 0 Å².